The molecular formula is C13H27N3O. The predicted octanol–water partition coefficient (Wildman–Crippen LogP) is 0.975. The number of hydrogen-bond acceptors (Lipinski definition) is 3. The fraction of sp³-hybridized carbons (Fsp3) is 0.923. The molecule has 1 aliphatic rings. The van der Waals surface area contributed by atoms with Gasteiger partial charge in [0.05, 0.1) is 0 Å². The third kappa shape index (κ3) is 5.50. The summed E-state index contributed by atoms with van der Waals surface area (Å²) in [5, 5.41) is 6.15. The van der Waals surface area contributed by atoms with Crippen molar-refractivity contribution in [2.24, 2.45) is 0 Å². The van der Waals surface area contributed by atoms with E-state index in [-0.39, 0.29) is 5.91 Å². The normalized spacial score (nSPS) is 22.5. The van der Waals surface area contributed by atoms with Gasteiger partial charge in [0.25, 0.3) is 0 Å². The van der Waals surface area contributed by atoms with Crippen LogP contribution >= 0.6 is 0 Å². The van der Waals surface area contributed by atoms with Crippen LogP contribution in [0.25, 0.3) is 0 Å². The Kier molecular flexibility index (Phi) is 6.52. The summed E-state index contributed by atoms with van der Waals surface area (Å²) in [6.45, 7) is 7.71. The average molecular weight is 241 g/mol. The van der Waals surface area contributed by atoms with Crippen molar-refractivity contribution in [3.63, 3.8) is 0 Å². The Hall–Kier alpha value is -0.610. The summed E-state index contributed by atoms with van der Waals surface area (Å²) in [5.74, 6) is 0.120. The van der Waals surface area contributed by atoms with E-state index in [2.05, 4.69) is 29.4 Å². The SMILES string of the molecule is CNC(=O)CCNC1CCCN(C(C)C)CC1. The summed E-state index contributed by atoms with van der Waals surface area (Å²) in [5.41, 5.74) is 0. The molecule has 0 radical (unpaired) electrons. The zero-order chi connectivity index (χ0) is 12.7. The average Bonchev–Trinajstić information content (AvgIpc) is 2.54. The van der Waals surface area contributed by atoms with E-state index in [0.717, 1.165) is 6.54 Å². The van der Waals surface area contributed by atoms with Gasteiger partial charge in [0.1, 0.15) is 0 Å². The van der Waals surface area contributed by atoms with Gasteiger partial charge in [-0.05, 0) is 46.2 Å². The molecule has 0 aromatic heterocycles. The van der Waals surface area contributed by atoms with Gasteiger partial charge >= 0.3 is 0 Å². The van der Waals surface area contributed by atoms with Gasteiger partial charge in [-0.1, -0.05) is 0 Å². The van der Waals surface area contributed by atoms with Gasteiger partial charge in [-0.2, -0.15) is 0 Å². The monoisotopic (exact) mass is 241 g/mol. The lowest BCUT2D eigenvalue weighted by atomic mass is 10.1. The quantitative estimate of drug-likeness (QED) is 0.754. The number of likely N-dealkylation sites (tertiary alicyclic amines) is 1. The molecule has 17 heavy (non-hydrogen) atoms. The van der Waals surface area contributed by atoms with Crippen LogP contribution in [0.4, 0.5) is 0 Å². The molecule has 0 saturated carbocycles. The van der Waals surface area contributed by atoms with Crippen molar-refractivity contribution in [2.75, 3.05) is 26.7 Å². The first-order valence-electron chi connectivity index (χ1n) is 6.81. The molecule has 1 unspecified atom stereocenters. The topological polar surface area (TPSA) is 44.4 Å². The highest BCUT2D eigenvalue weighted by atomic mass is 16.1. The van der Waals surface area contributed by atoms with Crippen molar-refractivity contribution in [3.05, 3.63) is 0 Å². The molecule has 100 valence electrons. The molecular weight excluding hydrogens is 214 g/mol. The van der Waals surface area contributed by atoms with E-state index in [1.807, 2.05) is 0 Å². The zero-order valence-electron chi connectivity index (χ0n) is 11.5. The lowest BCUT2D eigenvalue weighted by molar-refractivity contribution is -0.120. The molecule has 0 aliphatic carbocycles. The van der Waals surface area contributed by atoms with Gasteiger partial charge in [0.2, 0.25) is 5.91 Å². The van der Waals surface area contributed by atoms with Crippen molar-refractivity contribution < 1.29 is 4.79 Å². The Bertz CT molecular complexity index is 231. The first kappa shape index (κ1) is 14.5. The number of nitrogens with one attached hydrogen (secondary N) is 2. The highest BCUT2D eigenvalue weighted by Gasteiger charge is 2.18. The lowest BCUT2D eigenvalue weighted by Crippen LogP contribution is -2.35. The van der Waals surface area contributed by atoms with Crippen LogP contribution in [0.15, 0.2) is 0 Å². The summed E-state index contributed by atoms with van der Waals surface area (Å²) in [7, 11) is 1.69. The van der Waals surface area contributed by atoms with E-state index in [1.54, 1.807) is 7.05 Å². The number of carbonyl (C=O) groups is 1. The van der Waals surface area contributed by atoms with Gasteiger partial charge in [0, 0.05) is 32.1 Å². The molecule has 2 N–H and O–H groups in total. The van der Waals surface area contributed by atoms with Crippen LogP contribution < -0.4 is 10.6 Å². The van der Waals surface area contributed by atoms with Gasteiger partial charge in [-0.25, -0.2) is 0 Å². The predicted molar refractivity (Wildman–Crippen MR) is 71.0 cm³/mol. The highest BCUT2D eigenvalue weighted by molar-refractivity contribution is 5.75. The summed E-state index contributed by atoms with van der Waals surface area (Å²) < 4.78 is 0. The van der Waals surface area contributed by atoms with Crippen LogP contribution in [0.2, 0.25) is 0 Å². The van der Waals surface area contributed by atoms with Crippen molar-refractivity contribution in [1.82, 2.24) is 15.5 Å². The third-order valence-electron chi connectivity index (χ3n) is 3.56. The van der Waals surface area contributed by atoms with E-state index in [0.29, 0.717) is 18.5 Å². The highest BCUT2D eigenvalue weighted by Crippen LogP contribution is 2.13. The van der Waals surface area contributed by atoms with Gasteiger partial charge in [-0.15, -0.1) is 0 Å². The molecule has 0 aromatic carbocycles. The second-order valence-corrected chi connectivity index (χ2v) is 5.13. The maximum Gasteiger partial charge on any atom is 0.221 e. The van der Waals surface area contributed by atoms with E-state index in [9.17, 15) is 4.79 Å². The maximum absolute atomic E-state index is 11.1. The fourth-order valence-corrected chi connectivity index (χ4v) is 2.35. The third-order valence-corrected chi connectivity index (χ3v) is 3.56. The van der Waals surface area contributed by atoms with Crippen molar-refractivity contribution >= 4 is 5.91 Å². The number of carbonyl (C=O) groups excluding carboxylic acids is 1. The van der Waals surface area contributed by atoms with Crippen molar-refractivity contribution in [3.8, 4) is 0 Å². The van der Waals surface area contributed by atoms with Crippen LogP contribution in [0.1, 0.15) is 39.5 Å². The molecule has 1 heterocycles. The smallest absolute Gasteiger partial charge is 0.221 e. The Labute approximate surface area is 105 Å². The van der Waals surface area contributed by atoms with Crippen molar-refractivity contribution in [2.45, 2.75) is 51.6 Å². The summed E-state index contributed by atoms with van der Waals surface area (Å²) in [6.07, 6.45) is 4.28. The molecule has 4 heteroatoms. The van der Waals surface area contributed by atoms with Crippen LogP contribution in [0.5, 0.6) is 0 Å². The molecule has 1 aliphatic heterocycles. The van der Waals surface area contributed by atoms with Crippen molar-refractivity contribution in [1.29, 1.82) is 0 Å². The zero-order valence-corrected chi connectivity index (χ0v) is 11.5. The minimum absolute atomic E-state index is 0.120. The fourth-order valence-electron chi connectivity index (χ4n) is 2.35. The van der Waals surface area contributed by atoms with Gasteiger partial charge < -0.3 is 15.5 Å². The molecule has 0 aromatic rings. The van der Waals surface area contributed by atoms with E-state index in [4.69, 9.17) is 0 Å². The summed E-state index contributed by atoms with van der Waals surface area (Å²) >= 11 is 0. The standard InChI is InChI=1S/C13H27N3O/c1-11(2)16-9-4-5-12(7-10-16)15-8-6-13(17)14-3/h11-12,15H,4-10H2,1-3H3,(H,14,17). The molecule has 0 spiro atoms. The molecule has 1 rings (SSSR count). The number of hydrogen-bond donors (Lipinski definition) is 2. The van der Waals surface area contributed by atoms with E-state index in [1.165, 1.54) is 32.4 Å². The first-order valence-corrected chi connectivity index (χ1v) is 6.81. The molecule has 1 atom stereocenters. The van der Waals surface area contributed by atoms with Crippen LogP contribution in [0, 0.1) is 0 Å². The Morgan fingerprint density at radius 3 is 2.76 bits per heavy atom. The van der Waals surface area contributed by atoms with E-state index < -0.39 is 0 Å². The largest absolute Gasteiger partial charge is 0.359 e. The molecule has 1 fully saturated rings. The van der Waals surface area contributed by atoms with Gasteiger partial charge in [0.15, 0.2) is 0 Å². The summed E-state index contributed by atoms with van der Waals surface area (Å²) in [6, 6.07) is 1.24. The number of amides is 1. The first-order chi connectivity index (χ1) is 8.13. The molecule has 4 nitrogen and oxygen atoms in total. The second kappa shape index (κ2) is 7.67. The minimum Gasteiger partial charge on any atom is -0.359 e. The lowest BCUT2D eigenvalue weighted by Gasteiger charge is -2.24. The maximum atomic E-state index is 11.1. The summed E-state index contributed by atoms with van der Waals surface area (Å²) in [4.78, 5) is 13.6. The Morgan fingerprint density at radius 1 is 1.35 bits per heavy atom. The second-order valence-electron chi connectivity index (χ2n) is 5.13. The van der Waals surface area contributed by atoms with E-state index >= 15 is 0 Å². The molecule has 1 amide bonds. The molecule has 0 bridgehead atoms. The number of rotatable bonds is 5. The molecule has 1 saturated heterocycles. The minimum atomic E-state index is 0.120. The van der Waals surface area contributed by atoms with Crippen LogP contribution in [0.3, 0.4) is 0 Å². The van der Waals surface area contributed by atoms with Gasteiger partial charge in [-0.3, -0.25) is 4.79 Å². The Balaban J connectivity index is 2.20. The van der Waals surface area contributed by atoms with Crippen LogP contribution in [-0.4, -0.2) is 49.6 Å². The number of nitrogens with zero attached hydrogens (tertiary/aromatic N) is 1. The van der Waals surface area contributed by atoms with Crippen LogP contribution in [-0.2, 0) is 4.79 Å². The Morgan fingerprint density at radius 2 is 2.12 bits per heavy atom.